The van der Waals surface area contributed by atoms with E-state index in [1.807, 2.05) is 13.8 Å². The van der Waals surface area contributed by atoms with Gasteiger partial charge in [-0.15, -0.1) is 5.10 Å². The van der Waals surface area contributed by atoms with E-state index in [4.69, 9.17) is 11.6 Å². The van der Waals surface area contributed by atoms with Crippen molar-refractivity contribution in [2.24, 2.45) is 0 Å². The highest BCUT2D eigenvalue weighted by molar-refractivity contribution is 6.30. The van der Waals surface area contributed by atoms with E-state index >= 15 is 0 Å². The molecule has 10 nitrogen and oxygen atoms in total. The van der Waals surface area contributed by atoms with Gasteiger partial charge in [-0.3, -0.25) is 4.57 Å². The molecule has 2 aromatic heterocycles. The largest absolute Gasteiger partial charge is 0.416 e. The second-order valence-corrected chi connectivity index (χ2v) is 10.5. The Hall–Kier alpha value is -3.11. The highest BCUT2D eigenvalue weighted by atomic mass is 35.5. The summed E-state index contributed by atoms with van der Waals surface area (Å²) in [6.45, 7) is 3.18. The Kier molecular flexibility index (Phi) is 8.25. The Labute approximate surface area is 229 Å². The number of nitrogens with one attached hydrogen (secondary N) is 1. The molecule has 2 N–H and O–H groups in total. The lowest BCUT2D eigenvalue weighted by atomic mass is 10.0. The predicted octanol–water partition coefficient (Wildman–Crippen LogP) is 3.07. The minimum Gasteiger partial charge on any atom is -0.382 e. The number of aliphatic hydroxyl groups excluding tert-OH is 1. The van der Waals surface area contributed by atoms with Crippen LogP contribution >= 0.6 is 11.6 Å². The van der Waals surface area contributed by atoms with Gasteiger partial charge in [-0.1, -0.05) is 11.6 Å². The van der Waals surface area contributed by atoms with Gasteiger partial charge in [-0.2, -0.15) is 36.4 Å². The van der Waals surface area contributed by atoms with Crippen LogP contribution in [0.4, 0.5) is 32.3 Å². The zero-order valence-electron chi connectivity index (χ0n) is 21.5. The number of rotatable bonds is 8. The van der Waals surface area contributed by atoms with E-state index in [1.165, 1.54) is 24.3 Å². The number of anilines is 1. The summed E-state index contributed by atoms with van der Waals surface area (Å²) in [6, 6.07) is 5.80. The van der Waals surface area contributed by atoms with Crippen LogP contribution in [0.15, 0.2) is 29.1 Å². The number of alkyl halides is 6. The van der Waals surface area contributed by atoms with Crippen LogP contribution in [-0.4, -0.2) is 77.8 Å². The molecule has 1 aromatic carbocycles. The molecule has 17 heteroatoms. The number of piperazine rings is 1. The van der Waals surface area contributed by atoms with E-state index in [0.717, 1.165) is 9.36 Å². The fourth-order valence-electron chi connectivity index (χ4n) is 4.31. The van der Waals surface area contributed by atoms with Crippen LogP contribution in [0.1, 0.15) is 26.1 Å². The zero-order valence-corrected chi connectivity index (χ0v) is 22.2. The third kappa shape index (κ3) is 7.14. The molecule has 1 atom stereocenters. The van der Waals surface area contributed by atoms with Crippen molar-refractivity contribution in [3.05, 3.63) is 45.6 Å². The highest BCUT2D eigenvalue weighted by Crippen LogP contribution is 2.26. The van der Waals surface area contributed by atoms with E-state index in [-0.39, 0.29) is 28.7 Å². The topological polar surface area (TPSA) is 106 Å². The van der Waals surface area contributed by atoms with E-state index in [0.29, 0.717) is 29.2 Å². The molecule has 1 saturated heterocycles. The SMILES string of the molecule is CC1(C)CN(c2nc(Cn3nc(-c4ccc(Cl)cc4)n(CC(O)C(F)(F)F)c3=O)nn2CCC(F)(F)F)CCN1. The smallest absolute Gasteiger partial charge is 0.382 e. The fraction of sp³-hybridized carbons (Fsp3) is 0.565. The Bertz CT molecular complexity index is 1380. The van der Waals surface area contributed by atoms with Gasteiger partial charge < -0.3 is 15.3 Å². The fourth-order valence-corrected chi connectivity index (χ4v) is 4.43. The number of hydrogen-bond acceptors (Lipinski definition) is 7. The average molecular weight is 597 g/mol. The minimum atomic E-state index is -5.00. The van der Waals surface area contributed by atoms with Crippen LogP contribution in [0.25, 0.3) is 11.4 Å². The summed E-state index contributed by atoms with van der Waals surface area (Å²) < 4.78 is 81.0. The quantitative estimate of drug-likeness (QED) is 0.385. The molecule has 1 unspecified atom stereocenters. The van der Waals surface area contributed by atoms with Crippen molar-refractivity contribution < 1.29 is 31.4 Å². The number of aryl methyl sites for hydroxylation is 1. The van der Waals surface area contributed by atoms with Crippen molar-refractivity contribution >= 4 is 17.5 Å². The molecule has 0 aliphatic carbocycles. The highest BCUT2D eigenvalue weighted by Gasteiger charge is 2.39. The molecule has 1 aliphatic heterocycles. The zero-order chi connectivity index (χ0) is 29.5. The first-order chi connectivity index (χ1) is 18.5. The molecular weight excluding hydrogens is 570 g/mol. The molecule has 220 valence electrons. The molecule has 0 saturated carbocycles. The van der Waals surface area contributed by atoms with Crippen molar-refractivity contribution in [3.63, 3.8) is 0 Å². The Balaban J connectivity index is 1.71. The lowest BCUT2D eigenvalue weighted by Crippen LogP contribution is -2.57. The van der Waals surface area contributed by atoms with Gasteiger partial charge in [-0.25, -0.2) is 14.2 Å². The average Bonchev–Trinajstić information content (AvgIpc) is 3.38. The summed E-state index contributed by atoms with van der Waals surface area (Å²) in [4.78, 5) is 19.3. The molecule has 3 heterocycles. The van der Waals surface area contributed by atoms with Crippen LogP contribution in [0.3, 0.4) is 0 Å². The maximum atomic E-state index is 13.2. The maximum absolute atomic E-state index is 13.2. The van der Waals surface area contributed by atoms with Crippen LogP contribution < -0.4 is 15.9 Å². The lowest BCUT2D eigenvalue weighted by molar-refractivity contribution is -0.207. The number of benzene rings is 1. The molecule has 0 spiro atoms. The van der Waals surface area contributed by atoms with Gasteiger partial charge in [0.05, 0.1) is 19.5 Å². The van der Waals surface area contributed by atoms with Gasteiger partial charge in [-0.05, 0) is 38.1 Å². The van der Waals surface area contributed by atoms with Crippen LogP contribution in [-0.2, 0) is 19.6 Å². The monoisotopic (exact) mass is 596 g/mol. The van der Waals surface area contributed by atoms with Gasteiger partial charge >= 0.3 is 18.0 Å². The molecule has 0 radical (unpaired) electrons. The number of aromatic nitrogens is 6. The molecule has 40 heavy (non-hydrogen) atoms. The second kappa shape index (κ2) is 11.0. The Morgan fingerprint density at radius 2 is 1.77 bits per heavy atom. The predicted molar refractivity (Wildman–Crippen MR) is 133 cm³/mol. The van der Waals surface area contributed by atoms with Crippen molar-refractivity contribution in [1.29, 1.82) is 0 Å². The molecule has 1 fully saturated rings. The van der Waals surface area contributed by atoms with Crippen molar-refractivity contribution in [3.8, 4) is 11.4 Å². The van der Waals surface area contributed by atoms with Gasteiger partial charge in [0, 0.05) is 35.8 Å². The number of aliphatic hydroxyl groups is 1. The van der Waals surface area contributed by atoms with E-state index in [1.54, 1.807) is 4.90 Å². The summed E-state index contributed by atoms with van der Waals surface area (Å²) in [7, 11) is 0. The maximum Gasteiger partial charge on any atom is 0.416 e. The molecule has 0 bridgehead atoms. The molecular formula is C23H27ClF6N8O2. The van der Waals surface area contributed by atoms with E-state index in [9.17, 15) is 36.2 Å². The van der Waals surface area contributed by atoms with Crippen LogP contribution in [0, 0.1) is 0 Å². The number of hydrogen-bond donors (Lipinski definition) is 2. The molecule has 0 amide bonds. The summed E-state index contributed by atoms with van der Waals surface area (Å²) in [5.41, 5.74) is -1.10. The van der Waals surface area contributed by atoms with Gasteiger partial charge in [0.1, 0.15) is 6.54 Å². The first-order valence-electron chi connectivity index (χ1n) is 12.2. The summed E-state index contributed by atoms with van der Waals surface area (Å²) in [5, 5.41) is 21.6. The Morgan fingerprint density at radius 1 is 1.10 bits per heavy atom. The standard InChI is InChI=1S/C23H27ClF6N8O2/c1-21(2)13-35(10-8-31-21)19-32-17(33-37(19)9-7-22(25,26)27)12-38-20(40)36(11-16(39)23(28,29)30)18(34-38)14-3-5-15(24)6-4-14/h3-6,16,31,39H,7-13H2,1-2H3. The third-order valence-electron chi connectivity index (χ3n) is 6.21. The Morgan fingerprint density at radius 3 is 2.38 bits per heavy atom. The van der Waals surface area contributed by atoms with Gasteiger partial charge in [0.2, 0.25) is 5.95 Å². The van der Waals surface area contributed by atoms with E-state index in [2.05, 4.69) is 20.5 Å². The van der Waals surface area contributed by atoms with Crippen LogP contribution in [0.5, 0.6) is 0 Å². The molecule has 3 aromatic rings. The molecule has 4 rings (SSSR count). The number of halogens is 7. The molecule has 1 aliphatic rings. The van der Waals surface area contributed by atoms with Crippen molar-refractivity contribution in [2.45, 2.75) is 63.9 Å². The summed E-state index contributed by atoms with van der Waals surface area (Å²) >= 11 is 5.90. The summed E-state index contributed by atoms with van der Waals surface area (Å²) in [6.07, 6.45) is -13.5. The normalized spacial score (nSPS) is 16.9. The number of nitrogens with zero attached hydrogens (tertiary/aromatic N) is 7. The van der Waals surface area contributed by atoms with Crippen molar-refractivity contribution in [1.82, 2.24) is 34.4 Å². The van der Waals surface area contributed by atoms with Gasteiger partial charge in [0.25, 0.3) is 0 Å². The second-order valence-electron chi connectivity index (χ2n) is 10.1. The van der Waals surface area contributed by atoms with Gasteiger partial charge in [0.15, 0.2) is 17.8 Å². The lowest BCUT2D eigenvalue weighted by Gasteiger charge is -2.39. The first-order valence-corrected chi connectivity index (χ1v) is 12.6. The van der Waals surface area contributed by atoms with E-state index < -0.39 is 50.2 Å². The third-order valence-corrected chi connectivity index (χ3v) is 6.46. The van der Waals surface area contributed by atoms with Crippen LogP contribution in [0.2, 0.25) is 5.02 Å². The summed E-state index contributed by atoms with van der Waals surface area (Å²) in [5.74, 6) is -0.0587. The minimum absolute atomic E-state index is 0.0562. The van der Waals surface area contributed by atoms with Crippen molar-refractivity contribution in [2.75, 3.05) is 24.5 Å². The first kappa shape index (κ1) is 29.9.